The van der Waals surface area contributed by atoms with Crippen LogP contribution in [0.25, 0.3) is 22.2 Å². The summed E-state index contributed by atoms with van der Waals surface area (Å²) in [6, 6.07) is 20.6. The van der Waals surface area contributed by atoms with Gasteiger partial charge in [0.15, 0.2) is 0 Å². The average Bonchev–Trinajstić information content (AvgIpc) is 2.85. The number of para-hydroxylation sites is 1. The second-order valence-corrected chi connectivity index (χ2v) is 9.07. The molecule has 1 aromatic heterocycles. The molecule has 0 spiro atoms. The van der Waals surface area contributed by atoms with Crippen LogP contribution < -0.4 is 19.9 Å². The van der Waals surface area contributed by atoms with E-state index in [9.17, 15) is 13.2 Å². The number of carbonyl (C=O) groups is 1. The summed E-state index contributed by atoms with van der Waals surface area (Å²) in [6.07, 6.45) is 0. The monoisotopic (exact) mass is 477 g/mol. The number of aromatic nitrogens is 1. The number of benzene rings is 3. The quantitative estimate of drug-likeness (QED) is 0.420. The number of primary sulfonamides is 1. The predicted octanol–water partition coefficient (Wildman–Crippen LogP) is 3.50. The minimum absolute atomic E-state index is 0.0146. The number of nitrogens with one attached hydrogen (secondary N) is 1. The first-order chi connectivity index (χ1) is 16.3. The Morgan fingerprint density at radius 1 is 0.971 bits per heavy atom. The number of sulfonamides is 1. The van der Waals surface area contributed by atoms with E-state index in [-0.39, 0.29) is 17.3 Å². The third-order valence-electron chi connectivity index (χ3n) is 5.35. The van der Waals surface area contributed by atoms with E-state index in [1.165, 1.54) is 12.1 Å². The zero-order chi connectivity index (χ0) is 24.3. The molecule has 0 aliphatic rings. The Morgan fingerprint density at radius 3 is 2.38 bits per heavy atom. The largest absolute Gasteiger partial charge is 0.497 e. The molecule has 3 N–H and O–H groups in total. The predicted molar refractivity (Wildman–Crippen MR) is 129 cm³/mol. The molecule has 9 heteroatoms. The van der Waals surface area contributed by atoms with Crippen molar-refractivity contribution in [1.82, 2.24) is 10.3 Å². The van der Waals surface area contributed by atoms with E-state index in [2.05, 4.69) is 5.32 Å². The zero-order valence-electron chi connectivity index (χ0n) is 18.6. The van der Waals surface area contributed by atoms with Crippen LogP contribution >= 0.6 is 0 Å². The van der Waals surface area contributed by atoms with E-state index in [1.807, 2.05) is 30.3 Å². The highest BCUT2D eigenvalue weighted by molar-refractivity contribution is 7.89. The van der Waals surface area contributed by atoms with Crippen molar-refractivity contribution in [2.45, 2.75) is 11.4 Å². The molecule has 1 heterocycles. The number of pyridine rings is 1. The summed E-state index contributed by atoms with van der Waals surface area (Å²) < 4.78 is 33.7. The van der Waals surface area contributed by atoms with Crippen LogP contribution in [0.3, 0.4) is 0 Å². The Labute approximate surface area is 197 Å². The highest BCUT2D eigenvalue weighted by Crippen LogP contribution is 2.34. The fourth-order valence-corrected chi connectivity index (χ4v) is 4.10. The number of rotatable bonds is 7. The summed E-state index contributed by atoms with van der Waals surface area (Å²) >= 11 is 0. The molecule has 0 atom stereocenters. The highest BCUT2D eigenvalue weighted by Gasteiger charge is 2.16. The summed E-state index contributed by atoms with van der Waals surface area (Å²) in [4.78, 5) is 17.9. The molecule has 34 heavy (non-hydrogen) atoms. The van der Waals surface area contributed by atoms with Gasteiger partial charge < -0.3 is 14.8 Å². The van der Waals surface area contributed by atoms with E-state index in [1.54, 1.807) is 44.6 Å². The summed E-state index contributed by atoms with van der Waals surface area (Å²) in [5.74, 6) is 0.930. The summed E-state index contributed by atoms with van der Waals surface area (Å²) in [5, 5.41) is 8.74. The maximum absolute atomic E-state index is 13.2. The second-order valence-electron chi connectivity index (χ2n) is 7.51. The number of nitrogens with zero attached hydrogens (tertiary/aromatic N) is 1. The number of hydrogen-bond donors (Lipinski definition) is 2. The molecule has 4 rings (SSSR count). The van der Waals surface area contributed by atoms with E-state index in [0.29, 0.717) is 33.7 Å². The molecule has 4 aromatic rings. The van der Waals surface area contributed by atoms with Gasteiger partial charge in [-0.05, 0) is 42.0 Å². The first-order valence-electron chi connectivity index (χ1n) is 10.3. The number of amides is 1. The van der Waals surface area contributed by atoms with E-state index < -0.39 is 10.0 Å². The van der Waals surface area contributed by atoms with Crippen LogP contribution in [0.2, 0.25) is 0 Å². The fourth-order valence-electron chi connectivity index (χ4n) is 3.59. The van der Waals surface area contributed by atoms with Gasteiger partial charge in [0, 0.05) is 23.6 Å². The van der Waals surface area contributed by atoms with Gasteiger partial charge >= 0.3 is 0 Å². The molecule has 1 amide bonds. The Bertz CT molecular complexity index is 1470. The third kappa shape index (κ3) is 4.85. The van der Waals surface area contributed by atoms with Crippen LogP contribution in [0.15, 0.2) is 77.7 Å². The molecule has 0 unspecified atom stereocenters. The van der Waals surface area contributed by atoms with Gasteiger partial charge in [-0.1, -0.05) is 30.3 Å². The normalized spacial score (nSPS) is 11.3. The summed E-state index contributed by atoms with van der Waals surface area (Å²) in [6.45, 7) is 0.210. The molecule has 0 fully saturated rings. The molecule has 0 aliphatic carbocycles. The van der Waals surface area contributed by atoms with Gasteiger partial charge in [0.25, 0.3) is 5.91 Å². The maximum Gasteiger partial charge on any atom is 0.252 e. The van der Waals surface area contributed by atoms with Gasteiger partial charge in [0.05, 0.1) is 35.9 Å². The van der Waals surface area contributed by atoms with Gasteiger partial charge in [-0.15, -0.1) is 0 Å². The minimum atomic E-state index is -3.77. The Kier molecular flexibility index (Phi) is 6.49. The van der Waals surface area contributed by atoms with Crippen LogP contribution in [-0.2, 0) is 16.6 Å². The lowest BCUT2D eigenvalue weighted by molar-refractivity contribution is 0.0952. The van der Waals surface area contributed by atoms with Gasteiger partial charge in [-0.3, -0.25) is 4.79 Å². The molecular formula is C25H23N3O5S. The number of fused-ring (bicyclic) bond motifs is 1. The maximum atomic E-state index is 13.2. The molecule has 0 saturated carbocycles. The molecule has 3 aromatic carbocycles. The first kappa shape index (κ1) is 23.2. The van der Waals surface area contributed by atoms with Crippen LogP contribution in [-0.4, -0.2) is 33.5 Å². The van der Waals surface area contributed by atoms with E-state index >= 15 is 0 Å². The van der Waals surface area contributed by atoms with Crippen LogP contribution in [0.4, 0.5) is 0 Å². The third-order valence-corrected chi connectivity index (χ3v) is 6.28. The second kappa shape index (κ2) is 9.50. The van der Waals surface area contributed by atoms with Crippen LogP contribution in [0, 0.1) is 0 Å². The molecule has 0 radical (unpaired) electrons. The van der Waals surface area contributed by atoms with E-state index in [0.717, 1.165) is 11.1 Å². The standard InChI is InChI=1S/C25H23N3O5S/c1-32-17-9-12-20(24(13-17)33-2)23-14-21(19-5-3-4-6-22(19)28-23)25(29)27-15-16-7-10-18(11-8-16)34(26,30)31/h3-14H,15H2,1-2H3,(H,27,29)(H2,26,30,31). The SMILES string of the molecule is COc1ccc(-c2cc(C(=O)NCc3ccc(S(N)(=O)=O)cc3)c3ccccc3n2)c(OC)c1. The lowest BCUT2D eigenvalue weighted by atomic mass is 10.0. The van der Waals surface area contributed by atoms with Crippen molar-refractivity contribution in [1.29, 1.82) is 0 Å². The number of hydrogen-bond acceptors (Lipinski definition) is 6. The number of ether oxygens (including phenoxy) is 2. The number of methoxy groups -OCH3 is 2. The zero-order valence-corrected chi connectivity index (χ0v) is 19.4. The summed E-state index contributed by atoms with van der Waals surface area (Å²) in [5.41, 5.74) is 3.17. The Balaban J connectivity index is 1.67. The van der Waals surface area contributed by atoms with Crippen molar-refractivity contribution >= 4 is 26.8 Å². The van der Waals surface area contributed by atoms with Crippen molar-refractivity contribution in [3.63, 3.8) is 0 Å². The lowest BCUT2D eigenvalue weighted by Crippen LogP contribution is -2.23. The number of nitrogens with two attached hydrogens (primary N) is 1. The van der Waals surface area contributed by atoms with Crippen molar-refractivity contribution in [2.24, 2.45) is 5.14 Å². The average molecular weight is 478 g/mol. The molecular weight excluding hydrogens is 454 g/mol. The van der Waals surface area contributed by atoms with Crippen molar-refractivity contribution in [3.05, 3.63) is 83.9 Å². The highest BCUT2D eigenvalue weighted by atomic mass is 32.2. The topological polar surface area (TPSA) is 121 Å². The first-order valence-corrected chi connectivity index (χ1v) is 11.9. The van der Waals surface area contributed by atoms with Crippen molar-refractivity contribution in [3.8, 4) is 22.8 Å². The summed E-state index contributed by atoms with van der Waals surface area (Å²) in [7, 11) is -0.631. The fraction of sp³-hybridized carbons (Fsp3) is 0.120. The molecule has 0 saturated heterocycles. The van der Waals surface area contributed by atoms with Gasteiger partial charge in [0.2, 0.25) is 10.0 Å². The van der Waals surface area contributed by atoms with Crippen LogP contribution in [0.1, 0.15) is 15.9 Å². The Hall–Kier alpha value is -3.95. The van der Waals surface area contributed by atoms with E-state index in [4.69, 9.17) is 19.6 Å². The van der Waals surface area contributed by atoms with Crippen molar-refractivity contribution < 1.29 is 22.7 Å². The molecule has 174 valence electrons. The molecule has 0 aliphatic heterocycles. The number of carbonyl (C=O) groups excluding carboxylic acids is 1. The van der Waals surface area contributed by atoms with Crippen molar-refractivity contribution in [2.75, 3.05) is 14.2 Å². The lowest BCUT2D eigenvalue weighted by Gasteiger charge is -2.13. The van der Waals surface area contributed by atoms with Gasteiger partial charge in [0.1, 0.15) is 11.5 Å². The van der Waals surface area contributed by atoms with Gasteiger partial charge in [-0.25, -0.2) is 18.5 Å². The molecule has 0 bridgehead atoms. The minimum Gasteiger partial charge on any atom is -0.497 e. The Morgan fingerprint density at radius 2 is 1.71 bits per heavy atom. The smallest absolute Gasteiger partial charge is 0.252 e. The van der Waals surface area contributed by atoms with Gasteiger partial charge in [-0.2, -0.15) is 0 Å². The molecule has 8 nitrogen and oxygen atoms in total. The van der Waals surface area contributed by atoms with Crippen LogP contribution in [0.5, 0.6) is 11.5 Å².